The Morgan fingerprint density at radius 2 is 1.31 bits per heavy atom. The van der Waals surface area contributed by atoms with Crippen molar-refractivity contribution in [1.82, 2.24) is 4.90 Å². The minimum Gasteiger partial charge on any atom is -0.324 e. The number of nitrogens with one attached hydrogen (secondary N) is 3. The van der Waals surface area contributed by atoms with Crippen LogP contribution in [0.2, 0.25) is 0 Å². The zero-order valence-electron chi connectivity index (χ0n) is 20.0. The van der Waals surface area contributed by atoms with Gasteiger partial charge >= 0.3 is 6.03 Å². The van der Waals surface area contributed by atoms with Gasteiger partial charge in [-0.3, -0.25) is 9.59 Å². The number of hydrogen-bond acceptors (Lipinski definition) is 3. The van der Waals surface area contributed by atoms with Crippen LogP contribution in [0.5, 0.6) is 0 Å². The summed E-state index contributed by atoms with van der Waals surface area (Å²) in [5.74, 6) is 0.0644. The molecule has 1 saturated heterocycles. The molecular formula is C29H30N4O3. The summed E-state index contributed by atoms with van der Waals surface area (Å²) < 4.78 is 0. The molecule has 3 N–H and O–H groups in total. The second kappa shape index (κ2) is 10.6. The van der Waals surface area contributed by atoms with Crippen LogP contribution in [-0.4, -0.2) is 34.8 Å². The second-order valence-corrected chi connectivity index (χ2v) is 9.46. The Balaban J connectivity index is 1.29. The largest absolute Gasteiger partial charge is 0.324 e. The van der Waals surface area contributed by atoms with Gasteiger partial charge in [-0.2, -0.15) is 0 Å². The molecule has 0 bridgehead atoms. The van der Waals surface area contributed by atoms with E-state index in [-0.39, 0.29) is 23.9 Å². The van der Waals surface area contributed by atoms with E-state index in [1.54, 1.807) is 36.4 Å². The van der Waals surface area contributed by atoms with Crippen LogP contribution in [0.4, 0.5) is 21.9 Å². The Kier molecular flexibility index (Phi) is 6.98. The molecule has 184 valence electrons. The molecule has 36 heavy (non-hydrogen) atoms. The number of amides is 4. The number of carbonyl (C=O) groups excluding carboxylic acids is 3. The third-order valence-corrected chi connectivity index (χ3v) is 7.07. The van der Waals surface area contributed by atoms with Gasteiger partial charge in [0.05, 0.1) is 0 Å². The number of fused-ring (bicyclic) bond motifs is 1. The van der Waals surface area contributed by atoms with Gasteiger partial charge in [0.15, 0.2) is 0 Å². The first-order chi connectivity index (χ1) is 17.6. The lowest BCUT2D eigenvalue weighted by molar-refractivity contribution is -0.120. The number of para-hydroxylation sites is 1. The average Bonchev–Trinajstić information content (AvgIpc) is 3.29. The van der Waals surface area contributed by atoms with E-state index in [0.29, 0.717) is 35.0 Å². The van der Waals surface area contributed by atoms with E-state index >= 15 is 0 Å². The summed E-state index contributed by atoms with van der Waals surface area (Å²) in [7, 11) is 0. The van der Waals surface area contributed by atoms with E-state index in [2.05, 4.69) is 16.0 Å². The van der Waals surface area contributed by atoms with Crippen LogP contribution >= 0.6 is 0 Å². The normalized spacial score (nSPS) is 20.8. The van der Waals surface area contributed by atoms with E-state index < -0.39 is 6.04 Å². The summed E-state index contributed by atoms with van der Waals surface area (Å²) in [5.41, 5.74) is 2.42. The van der Waals surface area contributed by atoms with Crippen molar-refractivity contribution >= 4 is 34.9 Å². The summed E-state index contributed by atoms with van der Waals surface area (Å²) in [6.07, 6.45) is 4.87. The maximum Gasteiger partial charge on any atom is 0.323 e. The smallest absolute Gasteiger partial charge is 0.323 e. The number of benzene rings is 3. The molecule has 2 aliphatic rings. The lowest BCUT2D eigenvalue weighted by Gasteiger charge is -2.33. The first-order valence-corrected chi connectivity index (χ1v) is 12.5. The highest BCUT2D eigenvalue weighted by Gasteiger charge is 2.47. The quantitative estimate of drug-likeness (QED) is 0.433. The van der Waals surface area contributed by atoms with Crippen molar-refractivity contribution in [3.8, 4) is 0 Å². The van der Waals surface area contributed by atoms with Crippen LogP contribution in [0, 0.1) is 5.92 Å². The van der Waals surface area contributed by atoms with E-state index in [0.717, 1.165) is 25.7 Å². The van der Waals surface area contributed by atoms with Crippen molar-refractivity contribution in [2.45, 2.75) is 44.2 Å². The number of carbonyl (C=O) groups is 3. The monoisotopic (exact) mass is 482 g/mol. The van der Waals surface area contributed by atoms with Gasteiger partial charge in [-0.15, -0.1) is 0 Å². The maximum atomic E-state index is 13.5. The third kappa shape index (κ3) is 5.25. The summed E-state index contributed by atoms with van der Waals surface area (Å²) in [6, 6.07) is 24.6. The fourth-order valence-corrected chi connectivity index (χ4v) is 5.43. The first-order valence-electron chi connectivity index (χ1n) is 12.5. The highest BCUT2D eigenvalue weighted by molar-refractivity contribution is 6.03. The van der Waals surface area contributed by atoms with Crippen LogP contribution in [0.25, 0.3) is 0 Å². The molecule has 7 nitrogen and oxygen atoms in total. The number of nitrogens with zero attached hydrogens (tertiary/aromatic N) is 1. The van der Waals surface area contributed by atoms with Crippen molar-refractivity contribution in [2.75, 3.05) is 16.0 Å². The fourth-order valence-electron chi connectivity index (χ4n) is 5.43. The molecular weight excluding hydrogens is 452 g/mol. The fraction of sp³-hybridized carbons (Fsp3) is 0.276. The van der Waals surface area contributed by atoms with Gasteiger partial charge in [-0.1, -0.05) is 55.3 Å². The Labute approximate surface area is 210 Å². The van der Waals surface area contributed by atoms with Gasteiger partial charge < -0.3 is 20.9 Å². The Bertz CT molecular complexity index is 1230. The molecule has 2 fully saturated rings. The lowest BCUT2D eigenvalue weighted by Crippen LogP contribution is -2.47. The van der Waals surface area contributed by atoms with Crippen molar-refractivity contribution < 1.29 is 14.4 Å². The Morgan fingerprint density at radius 1 is 0.694 bits per heavy atom. The zero-order valence-corrected chi connectivity index (χ0v) is 20.0. The van der Waals surface area contributed by atoms with E-state index in [9.17, 15) is 14.4 Å². The minimum absolute atomic E-state index is 0.0850. The van der Waals surface area contributed by atoms with Crippen LogP contribution in [0.1, 0.15) is 42.5 Å². The number of rotatable bonds is 5. The van der Waals surface area contributed by atoms with E-state index in [1.807, 2.05) is 53.4 Å². The highest BCUT2D eigenvalue weighted by atomic mass is 16.2. The van der Waals surface area contributed by atoms with Crippen LogP contribution < -0.4 is 16.0 Å². The minimum atomic E-state index is -0.524. The molecule has 3 aromatic carbocycles. The van der Waals surface area contributed by atoms with E-state index in [1.165, 1.54) is 0 Å². The zero-order chi connectivity index (χ0) is 24.9. The molecule has 5 rings (SSSR count). The topological polar surface area (TPSA) is 90.5 Å². The molecule has 1 heterocycles. The predicted molar refractivity (Wildman–Crippen MR) is 141 cm³/mol. The number of likely N-dealkylation sites (tertiary alicyclic amines) is 1. The van der Waals surface area contributed by atoms with Gasteiger partial charge in [0.1, 0.15) is 6.04 Å². The molecule has 0 spiro atoms. The first kappa shape index (κ1) is 23.6. The number of urea groups is 1. The predicted octanol–water partition coefficient (Wildman–Crippen LogP) is 5.74. The number of hydrogen-bond donors (Lipinski definition) is 3. The molecule has 1 saturated carbocycles. The van der Waals surface area contributed by atoms with Gasteiger partial charge in [0.2, 0.25) is 5.91 Å². The summed E-state index contributed by atoms with van der Waals surface area (Å²) in [5, 5.41) is 8.56. The lowest BCUT2D eigenvalue weighted by atomic mass is 9.84. The van der Waals surface area contributed by atoms with Crippen LogP contribution in [-0.2, 0) is 4.79 Å². The van der Waals surface area contributed by atoms with Crippen molar-refractivity contribution in [3.05, 3.63) is 90.5 Å². The van der Waals surface area contributed by atoms with Crippen LogP contribution in [0.15, 0.2) is 84.9 Å². The third-order valence-electron chi connectivity index (χ3n) is 7.07. The summed E-state index contributed by atoms with van der Waals surface area (Å²) >= 11 is 0. The molecule has 7 heteroatoms. The Hall–Kier alpha value is -4.13. The second-order valence-electron chi connectivity index (χ2n) is 9.46. The molecule has 1 aliphatic heterocycles. The average molecular weight is 483 g/mol. The van der Waals surface area contributed by atoms with Crippen molar-refractivity contribution in [1.29, 1.82) is 0 Å². The molecule has 1 aliphatic carbocycles. The van der Waals surface area contributed by atoms with Gasteiger partial charge in [-0.05, 0) is 67.6 Å². The SMILES string of the molecule is O=C(Nc1ccccc1)Nc1cccc(NC(=O)C2CC3CCCCC3N2C(=O)c2ccccc2)c1. The van der Waals surface area contributed by atoms with Gasteiger partial charge in [-0.25, -0.2) is 4.79 Å². The maximum absolute atomic E-state index is 13.5. The molecule has 0 aromatic heterocycles. The number of anilines is 3. The standard InChI is InChI=1S/C29H30N4O3/c34-27(30-23-15-9-16-24(19-23)32-29(36)31-22-13-5-2-6-14-22)26-18-21-12-7-8-17-25(21)33(26)28(35)20-10-3-1-4-11-20/h1-6,9-11,13-16,19,21,25-26H,7-8,12,17-18H2,(H,30,34)(H2,31,32,36). The summed E-state index contributed by atoms with van der Waals surface area (Å²) in [4.78, 5) is 41.2. The van der Waals surface area contributed by atoms with Crippen LogP contribution in [0.3, 0.4) is 0 Å². The van der Waals surface area contributed by atoms with Gasteiger partial charge in [0.25, 0.3) is 5.91 Å². The molecule has 3 unspecified atom stereocenters. The molecule has 0 radical (unpaired) electrons. The highest BCUT2D eigenvalue weighted by Crippen LogP contribution is 2.41. The summed E-state index contributed by atoms with van der Waals surface area (Å²) in [6.45, 7) is 0. The van der Waals surface area contributed by atoms with E-state index in [4.69, 9.17) is 0 Å². The van der Waals surface area contributed by atoms with Gasteiger partial charge in [0, 0.05) is 28.7 Å². The Morgan fingerprint density at radius 3 is 2.06 bits per heavy atom. The van der Waals surface area contributed by atoms with Crippen molar-refractivity contribution in [3.63, 3.8) is 0 Å². The molecule has 4 amide bonds. The molecule has 3 atom stereocenters. The van der Waals surface area contributed by atoms with Crippen molar-refractivity contribution in [2.24, 2.45) is 5.92 Å². The molecule has 3 aromatic rings.